The van der Waals surface area contributed by atoms with Crippen molar-refractivity contribution < 1.29 is 4.57 Å². The van der Waals surface area contributed by atoms with E-state index < -0.39 is 0 Å². The molecule has 0 saturated carbocycles. The molecular formula is C27H22N3+. The van der Waals surface area contributed by atoms with E-state index in [0.717, 1.165) is 23.3 Å². The van der Waals surface area contributed by atoms with E-state index in [0.29, 0.717) is 0 Å². The van der Waals surface area contributed by atoms with Crippen LogP contribution in [0.15, 0.2) is 85.1 Å². The van der Waals surface area contributed by atoms with Crippen molar-refractivity contribution in [1.29, 1.82) is 0 Å². The molecule has 0 amide bonds. The minimum Gasteiger partial charge on any atom is -0.291 e. The molecule has 3 nitrogen and oxygen atoms in total. The molecule has 0 unspecified atom stereocenters. The van der Waals surface area contributed by atoms with Crippen LogP contribution in [0, 0.1) is 6.92 Å². The minimum absolute atomic E-state index is 0.895. The second kappa shape index (κ2) is 6.39. The summed E-state index contributed by atoms with van der Waals surface area (Å²) >= 11 is 0. The summed E-state index contributed by atoms with van der Waals surface area (Å²) in [7, 11) is 2.13. The summed E-state index contributed by atoms with van der Waals surface area (Å²) in [5.41, 5.74) is 11.0. The van der Waals surface area contributed by atoms with Gasteiger partial charge in [0, 0.05) is 18.1 Å². The predicted octanol–water partition coefficient (Wildman–Crippen LogP) is 5.40. The van der Waals surface area contributed by atoms with Gasteiger partial charge in [0.05, 0.1) is 5.69 Å². The molecule has 5 aromatic rings. The highest BCUT2D eigenvalue weighted by Crippen LogP contribution is 2.33. The van der Waals surface area contributed by atoms with Crippen LogP contribution < -0.4 is 4.57 Å². The monoisotopic (exact) mass is 388 g/mol. The summed E-state index contributed by atoms with van der Waals surface area (Å²) < 4.78 is 4.54. The molecule has 1 aliphatic heterocycles. The average molecular weight is 388 g/mol. The fourth-order valence-electron chi connectivity index (χ4n) is 4.63. The lowest BCUT2D eigenvalue weighted by atomic mass is 9.97. The summed E-state index contributed by atoms with van der Waals surface area (Å²) in [5, 5.41) is 0. The number of para-hydroxylation sites is 1. The zero-order valence-electron chi connectivity index (χ0n) is 17.1. The normalized spacial score (nSPS) is 12.2. The van der Waals surface area contributed by atoms with Gasteiger partial charge in [-0.1, -0.05) is 60.7 Å². The molecule has 6 rings (SSSR count). The van der Waals surface area contributed by atoms with Gasteiger partial charge in [-0.25, -0.2) is 4.98 Å². The topological polar surface area (TPSA) is 21.7 Å². The van der Waals surface area contributed by atoms with Gasteiger partial charge >= 0.3 is 0 Å². The molecule has 3 heterocycles. The Kier molecular flexibility index (Phi) is 3.66. The zero-order chi connectivity index (χ0) is 20.2. The van der Waals surface area contributed by atoms with Gasteiger partial charge in [-0.15, -0.1) is 0 Å². The first-order chi connectivity index (χ1) is 14.7. The maximum absolute atomic E-state index is 5.00. The van der Waals surface area contributed by atoms with Crippen molar-refractivity contribution in [3.63, 3.8) is 0 Å². The molecule has 1 aliphatic rings. The number of imidazole rings is 1. The largest absolute Gasteiger partial charge is 0.291 e. The van der Waals surface area contributed by atoms with Gasteiger partial charge in [-0.05, 0) is 41.3 Å². The van der Waals surface area contributed by atoms with Crippen molar-refractivity contribution in [2.75, 3.05) is 0 Å². The van der Waals surface area contributed by atoms with Crippen molar-refractivity contribution in [2.45, 2.75) is 13.3 Å². The Bertz CT molecular complexity index is 1430. The summed E-state index contributed by atoms with van der Waals surface area (Å²) in [5.74, 6) is 1.12. The molecule has 0 N–H and O–H groups in total. The van der Waals surface area contributed by atoms with E-state index in [4.69, 9.17) is 4.98 Å². The zero-order valence-corrected chi connectivity index (χ0v) is 17.1. The highest BCUT2D eigenvalue weighted by molar-refractivity contribution is 5.83. The molecule has 144 valence electrons. The van der Waals surface area contributed by atoms with Gasteiger partial charge in [0.2, 0.25) is 5.69 Å². The summed E-state index contributed by atoms with van der Waals surface area (Å²) in [6, 6.07) is 28.1. The van der Waals surface area contributed by atoms with E-state index in [1.807, 2.05) is 0 Å². The SMILES string of the molecule is Cc1ccc(-c2ccccc2)cc1-c1cc2nc3n(c2c[n+]1C)-c1ccccc1C3. The van der Waals surface area contributed by atoms with Crippen molar-refractivity contribution in [3.8, 4) is 28.1 Å². The first-order valence-corrected chi connectivity index (χ1v) is 10.3. The van der Waals surface area contributed by atoms with Crippen LogP contribution in [0.2, 0.25) is 0 Å². The van der Waals surface area contributed by atoms with E-state index in [-0.39, 0.29) is 0 Å². The van der Waals surface area contributed by atoms with Crippen LogP contribution in [-0.2, 0) is 13.5 Å². The summed E-state index contributed by atoms with van der Waals surface area (Å²) in [6.07, 6.45) is 3.12. The number of fused-ring (bicyclic) bond motifs is 5. The molecular weight excluding hydrogens is 366 g/mol. The maximum atomic E-state index is 5.00. The van der Waals surface area contributed by atoms with Gasteiger partial charge in [0.25, 0.3) is 0 Å². The second-order valence-electron chi connectivity index (χ2n) is 8.10. The van der Waals surface area contributed by atoms with Crippen LogP contribution >= 0.6 is 0 Å². The molecule has 3 aromatic carbocycles. The van der Waals surface area contributed by atoms with E-state index in [2.05, 4.69) is 108 Å². The molecule has 2 aromatic heterocycles. The fraction of sp³-hybridized carbons (Fsp3) is 0.111. The van der Waals surface area contributed by atoms with Gasteiger partial charge in [0.1, 0.15) is 23.9 Å². The first-order valence-electron chi connectivity index (χ1n) is 10.3. The third-order valence-corrected chi connectivity index (χ3v) is 6.18. The second-order valence-corrected chi connectivity index (χ2v) is 8.10. The van der Waals surface area contributed by atoms with E-state index in [1.54, 1.807) is 0 Å². The number of benzene rings is 3. The van der Waals surface area contributed by atoms with E-state index in [1.165, 1.54) is 39.2 Å². The van der Waals surface area contributed by atoms with Gasteiger partial charge < -0.3 is 0 Å². The Labute approximate surface area is 175 Å². The molecule has 30 heavy (non-hydrogen) atoms. The van der Waals surface area contributed by atoms with Crippen LogP contribution in [0.25, 0.3) is 39.1 Å². The number of aryl methyl sites for hydroxylation is 2. The van der Waals surface area contributed by atoms with Gasteiger partial charge in [-0.3, -0.25) is 4.57 Å². The predicted molar refractivity (Wildman–Crippen MR) is 121 cm³/mol. The molecule has 0 atom stereocenters. The number of nitrogens with zero attached hydrogens (tertiary/aromatic N) is 3. The number of rotatable bonds is 2. The molecule has 0 fully saturated rings. The van der Waals surface area contributed by atoms with Gasteiger partial charge in [-0.2, -0.15) is 4.57 Å². The van der Waals surface area contributed by atoms with Crippen LogP contribution in [0.5, 0.6) is 0 Å². The molecule has 0 bridgehead atoms. The third-order valence-electron chi connectivity index (χ3n) is 6.18. The summed E-state index contributed by atoms with van der Waals surface area (Å²) in [6.45, 7) is 2.18. The number of hydrogen-bond donors (Lipinski definition) is 0. The molecule has 0 saturated heterocycles. The summed E-state index contributed by atoms with van der Waals surface area (Å²) in [4.78, 5) is 5.00. The van der Waals surface area contributed by atoms with Crippen LogP contribution in [0.4, 0.5) is 0 Å². The molecule has 3 heteroatoms. The van der Waals surface area contributed by atoms with E-state index >= 15 is 0 Å². The highest BCUT2D eigenvalue weighted by Gasteiger charge is 2.25. The number of pyridine rings is 1. The van der Waals surface area contributed by atoms with Gasteiger partial charge in [0.15, 0.2) is 6.20 Å². The lowest BCUT2D eigenvalue weighted by molar-refractivity contribution is -0.659. The number of aromatic nitrogens is 3. The molecule has 0 aliphatic carbocycles. The quantitative estimate of drug-likeness (QED) is 0.364. The smallest absolute Gasteiger partial charge is 0.214 e. The van der Waals surface area contributed by atoms with Crippen LogP contribution in [0.3, 0.4) is 0 Å². The van der Waals surface area contributed by atoms with Crippen molar-refractivity contribution in [2.24, 2.45) is 7.05 Å². The Balaban J connectivity index is 1.53. The van der Waals surface area contributed by atoms with Crippen molar-refractivity contribution in [3.05, 3.63) is 102 Å². The van der Waals surface area contributed by atoms with Crippen molar-refractivity contribution >= 4 is 11.0 Å². The standard InChI is InChI=1S/C27H22N3/c1-18-12-13-20(19-8-4-3-5-9-19)14-22(18)25-16-23-26(17-29(25)2)30-24-11-7-6-10-21(24)15-27(30)28-23/h3-14,16-17H,15H2,1-2H3/q+1. The van der Waals surface area contributed by atoms with E-state index in [9.17, 15) is 0 Å². The minimum atomic E-state index is 0.895. The lowest BCUT2D eigenvalue weighted by Crippen LogP contribution is -2.31. The Morgan fingerprint density at radius 1 is 0.867 bits per heavy atom. The van der Waals surface area contributed by atoms with Crippen LogP contribution in [-0.4, -0.2) is 9.55 Å². The number of hydrogen-bond acceptors (Lipinski definition) is 1. The lowest BCUT2D eigenvalue weighted by Gasteiger charge is -2.09. The third kappa shape index (κ3) is 2.52. The van der Waals surface area contributed by atoms with Crippen molar-refractivity contribution in [1.82, 2.24) is 9.55 Å². The first kappa shape index (κ1) is 17.2. The Morgan fingerprint density at radius 2 is 1.67 bits per heavy atom. The maximum Gasteiger partial charge on any atom is 0.214 e. The highest BCUT2D eigenvalue weighted by atomic mass is 15.1. The Hall–Kier alpha value is -3.72. The average Bonchev–Trinajstić information content (AvgIpc) is 3.30. The molecule has 0 spiro atoms. The fourth-order valence-corrected chi connectivity index (χ4v) is 4.63. The molecule has 0 radical (unpaired) electrons. The Morgan fingerprint density at radius 3 is 2.53 bits per heavy atom. The van der Waals surface area contributed by atoms with Crippen LogP contribution in [0.1, 0.15) is 17.0 Å².